The predicted octanol–water partition coefficient (Wildman–Crippen LogP) is 4.78. The molecule has 2 aromatic rings. The Bertz CT molecular complexity index is 1020. The number of anilines is 2. The smallest absolute Gasteiger partial charge is 0.255 e. The van der Waals surface area contributed by atoms with E-state index in [1.807, 2.05) is 47.4 Å². The maximum absolute atomic E-state index is 12.5. The van der Waals surface area contributed by atoms with E-state index in [0.29, 0.717) is 34.4 Å². The zero-order valence-corrected chi connectivity index (χ0v) is 17.8. The Morgan fingerprint density at radius 1 is 0.900 bits per heavy atom. The van der Waals surface area contributed by atoms with Gasteiger partial charge >= 0.3 is 0 Å². The Labute approximate surface area is 185 Å². The van der Waals surface area contributed by atoms with Crippen molar-refractivity contribution in [1.82, 2.24) is 4.90 Å². The Hall–Kier alpha value is -2.76. The lowest BCUT2D eigenvalue weighted by atomic mass is 10.2. The van der Waals surface area contributed by atoms with Gasteiger partial charge in [0, 0.05) is 48.7 Å². The van der Waals surface area contributed by atoms with E-state index in [1.165, 1.54) is 0 Å². The van der Waals surface area contributed by atoms with Crippen molar-refractivity contribution in [3.8, 4) is 0 Å². The Balaban J connectivity index is 1.33. The average Bonchev–Trinajstić information content (AvgIpc) is 3.31. The summed E-state index contributed by atoms with van der Waals surface area (Å²) in [6.07, 6.45) is 6.72. The molecule has 30 heavy (non-hydrogen) atoms. The van der Waals surface area contributed by atoms with Gasteiger partial charge in [-0.3, -0.25) is 9.59 Å². The largest absolute Gasteiger partial charge is 0.368 e. The van der Waals surface area contributed by atoms with E-state index in [-0.39, 0.29) is 11.8 Å². The third-order valence-corrected chi connectivity index (χ3v) is 6.00. The summed E-state index contributed by atoms with van der Waals surface area (Å²) < 4.78 is 0. The first-order chi connectivity index (χ1) is 14.5. The predicted molar refractivity (Wildman–Crippen MR) is 121 cm³/mol. The van der Waals surface area contributed by atoms with Gasteiger partial charge in [-0.1, -0.05) is 41.4 Å². The number of carbonyl (C=O) groups excluding carboxylic acids is 2. The Morgan fingerprint density at radius 3 is 2.27 bits per heavy atom. The number of rotatable bonds is 4. The average molecular weight is 442 g/mol. The highest BCUT2D eigenvalue weighted by Crippen LogP contribution is 2.24. The van der Waals surface area contributed by atoms with Crippen LogP contribution < -0.4 is 10.2 Å². The van der Waals surface area contributed by atoms with Crippen LogP contribution in [-0.2, 0) is 4.79 Å². The molecule has 2 aromatic carbocycles. The van der Waals surface area contributed by atoms with Crippen molar-refractivity contribution in [1.29, 1.82) is 0 Å². The number of piperazine rings is 1. The van der Waals surface area contributed by atoms with E-state index in [4.69, 9.17) is 23.2 Å². The second-order valence-electron chi connectivity index (χ2n) is 7.21. The van der Waals surface area contributed by atoms with Crippen molar-refractivity contribution in [2.75, 3.05) is 36.4 Å². The summed E-state index contributed by atoms with van der Waals surface area (Å²) >= 11 is 11.9. The number of carbonyl (C=O) groups is 2. The molecule has 1 N–H and O–H groups in total. The zero-order valence-electron chi connectivity index (χ0n) is 16.3. The first-order valence-corrected chi connectivity index (χ1v) is 10.5. The summed E-state index contributed by atoms with van der Waals surface area (Å²) in [6.45, 7) is 2.94. The minimum absolute atomic E-state index is 0.115. The number of nitrogens with one attached hydrogen (secondary N) is 1. The molecular formula is C23H21Cl2N3O2. The molecule has 1 aliphatic heterocycles. The fourth-order valence-electron chi connectivity index (χ4n) is 3.56. The number of benzene rings is 2. The van der Waals surface area contributed by atoms with Crippen LogP contribution >= 0.6 is 23.2 Å². The molecule has 1 aliphatic carbocycles. The summed E-state index contributed by atoms with van der Waals surface area (Å²) in [5.74, 6) is -0.132. The molecule has 1 fully saturated rings. The summed E-state index contributed by atoms with van der Waals surface area (Å²) in [7, 11) is 0. The minimum atomic E-state index is -0.247. The van der Waals surface area contributed by atoms with Crippen LogP contribution in [-0.4, -0.2) is 42.9 Å². The molecule has 0 saturated carbocycles. The lowest BCUT2D eigenvalue weighted by Gasteiger charge is -2.36. The molecule has 154 valence electrons. The summed E-state index contributed by atoms with van der Waals surface area (Å²) in [4.78, 5) is 29.0. The van der Waals surface area contributed by atoms with Crippen LogP contribution in [0, 0.1) is 0 Å². The molecule has 1 heterocycles. The molecule has 0 radical (unpaired) electrons. The van der Waals surface area contributed by atoms with Crippen molar-refractivity contribution in [2.45, 2.75) is 6.42 Å². The van der Waals surface area contributed by atoms with E-state index in [2.05, 4.69) is 10.2 Å². The number of amides is 2. The van der Waals surface area contributed by atoms with Gasteiger partial charge < -0.3 is 15.1 Å². The maximum Gasteiger partial charge on any atom is 0.255 e. The highest BCUT2D eigenvalue weighted by molar-refractivity contribution is 6.42. The lowest BCUT2D eigenvalue weighted by molar-refractivity contribution is -0.127. The van der Waals surface area contributed by atoms with Crippen LogP contribution in [0.4, 0.5) is 11.4 Å². The fourth-order valence-corrected chi connectivity index (χ4v) is 3.86. The van der Waals surface area contributed by atoms with E-state index >= 15 is 0 Å². The van der Waals surface area contributed by atoms with Gasteiger partial charge in [0.15, 0.2) is 0 Å². The molecule has 0 aromatic heterocycles. The highest BCUT2D eigenvalue weighted by atomic mass is 35.5. The van der Waals surface area contributed by atoms with E-state index < -0.39 is 0 Å². The van der Waals surface area contributed by atoms with Gasteiger partial charge in [0.25, 0.3) is 11.8 Å². The van der Waals surface area contributed by atoms with Gasteiger partial charge in [0.2, 0.25) is 0 Å². The minimum Gasteiger partial charge on any atom is -0.368 e. The van der Waals surface area contributed by atoms with Crippen LogP contribution in [0.5, 0.6) is 0 Å². The Kier molecular flexibility index (Phi) is 6.11. The third kappa shape index (κ3) is 4.53. The van der Waals surface area contributed by atoms with Crippen LogP contribution in [0.1, 0.15) is 16.8 Å². The molecule has 1 saturated heterocycles. The van der Waals surface area contributed by atoms with Crippen LogP contribution in [0.3, 0.4) is 0 Å². The quantitative estimate of drug-likeness (QED) is 0.742. The summed E-state index contributed by atoms with van der Waals surface area (Å²) in [6, 6.07) is 12.5. The van der Waals surface area contributed by atoms with Crippen molar-refractivity contribution < 1.29 is 9.59 Å². The number of allylic oxidation sites excluding steroid dienone is 2. The molecule has 2 amide bonds. The number of nitrogens with zero attached hydrogens (tertiary/aromatic N) is 2. The first-order valence-electron chi connectivity index (χ1n) is 9.78. The second kappa shape index (κ2) is 8.94. The van der Waals surface area contributed by atoms with E-state index in [9.17, 15) is 9.59 Å². The number of halogens is 2. The van der Waals surface area contributed by atoms with Gasteiger partial charge in [-0.15, -0.1) is 0 Å². The van der Waals surface area contributed by atoms with E-state index in [0.717, 1.165) is 30.8 Å². The molecular weight excluding hydrogens is 421 g/mol. The second-order valence-corrected chi connectivity index (χ2v) is 8.02. The lowest BCUT2D eigenvalue weighted by Crippen LogP contribution is -2.49. The number of hydrogen-bond acceptors (Lipinski definition) is 3. The van der Waals surface area contributed by atoms with Crippen LogP contribution in [0.15, 0.2) is 66.3 Å². The monoisotopic (exact) mass is 441 g/mol. The summed E-state index contributed by atoms with van der Waals surface area (Å²) in [5, 5.41) is 3.62. The zero-order chi connectivity index (χ0) is 21.1. The Morgan fingerprint density at radius 2 is 1.63 bits per heavy atom. The van der Waals surface area contributed by atoms with Gasteiger partial charge in [-0.2, -0.15) is 0 Å². The maximum atomic E-state index is 12.5. The van der Waals surface area contributed by atoms with Crippen molar-refractivity contribution in [2.24, 2.45) is 0 Å². The molecule has 0 atom stereocenters. The molecule has 0 spiro atoms. The third-order valence-electron chi connectivity index (χ3n) is 5.26. The van der Waals surface area contributed by atoms with Crippen molar-refractivity contribution in [3.05, 3.63) is 81.9 Å². The van der Waals surface area contributed by atoms with Crippen molar-refractivity contribution in [3.63, 3.8) is 0 Å². The van der Waals surface area contributed by atoms with Crippen molar-refractivity contribution >= 4 is 46.4 Å². The van der Waals surface area contributed by atoms with Gasteiger partial charge in [-0.25, -0.2) is 0 Å². The van der Waals surface area contributed by atoms with E-state index in [1.54, 1.807) is 18.2 Å². The van der Waals surface area contributed by atoms with Gasteiger partial charge in [0.1, 0.15) is 0 Å². The standard InChI is InChI=1S/C23H21Cl2N3O2/c24-20-10-5-17(15-21(20)25)22(29)26-18-6-8-19(9-7-18)27-11-13-28(14-12-27)23(30)16-3-1-2-4-16/h1,3-10,15H,2,11-14H2,(H,26,29). The molecule has 0 unspecified atom stereocenters. The van der Waals surface area contributed by atoms with Crippen LogP contribution in [0.2, 0.25) is 10.0 Å². The van der Waals surface area contributed by atoms with Crippen LogP contribution in [0.25, 0.3) is 0 Å². The fraction of sp³-hybridized carbons (Fsp3) is 0.217. The van der Waals surface area contributed by atoms with Gasteiger partial charge in [-0.05, 0) is 48.9 Å². The molecule has 2 aliphatic rings. The summed E-state index contributed by atoms with van der Waals surface area (Å²) in [5.41, 5.74) is 3.00. The molecule has 0 bridgehead atoms. The highest BCUT2D eigenvalue weighted by Gasteiger charge is 2.23. The molecule has 7 heteroatoms. The molecule has 5 nitrogen and oxygen atoms in total. The SMILES string of the molecule is O=C(Nc1ccc(N2CCN(C(=O)C3=CCC=C3)CC2)cc1)c1ccc(Cl)c(Cl)c1. The van der Waals surface area contributed by atoms with Gasteiger partial charge in [0.05, 0.1) is 10.0 Å². The normalized spacial score (nSPS) is 15.9. The first kappa shape index (κ1) is 20.5. The molecule has 4 rings (SSSR count). The number of hydrogen-bond donors (Lipinski definition) is 1. The topological polar surface area (TPSA) is 52.7 Å².